The summed E-state index contributed by atoms with van der Waals surface area (Å²) in [6.45, 7) is 10.3. The Balaban J connectivity index is 2.24. The molecule has 5 heteroatoms. The Morgan fingerprint density at radius 2 is 1.67 bits per heavy atom. The lowest BCUT2D eigenvalue weighted by molar-refractivity contribution is 0.159. The first-order valence-corrected chi connectivity index (χ1v) is 8.87. The predicted molar refractivity (Wildman–Crippen MR) is 86.0 cm³/mol. The molecular formula is C16H26N2O2S. The Morgan fingerprint density at radius 3 is 2.14 bits per heavy atom. The Morgan fingerprint density at radius 1 is 1.10 bits per heavy atom. The van der Waals surface area contributed by atoms with Crippen molar-refractivity contribution in [3.8, 4) is 0 Å². The zero-order valence-electron chi connectivity index (χ0n) is 13.6. The molecular weight excluding hydrogens is 284 g/mol. The number of piperazine rings is 1. The van der Waals surface area contributed by atoms with Crippen molar-refractivity contribution >= 4 is 10.0 Å². The highest BCUT2D eigenvalue weighted by molar-refractivity contribution is 7.89. The van der Waals surface area contributed by atoms with Gasteiger partial charge in [-0.25, -0.2) is 8.42 Å². The first kappa shape index (κ1) is 16.5. The SMILES string of the molecule is CC1CN(S(=O)(=O)c2ccc(C(C)(C)C)cc2)CCN1C. The van der Waals surface area contributed by atoms with Gasteiger partial charge in [-0.1, -0.05) is 32.9 Å². The third-order valence-electron chi connectivity index (χ3n) is 4.28. The minimum atomic E-state index is -3.37. The first-order chi connectivity index (χ1) is 9.62. The largest absolute Gasteiger partial charge is 0.301 e. The van der Waals surface area contributed by atoms with Crippen molar-refractivity contribution in [3.05, 3.63) is 29.8 Å². The van der Waals surface area contributed by atoms with Crippen LogP contribution in [0.3, 0.4) is 0 Å². The molecule has 1 saturated heterocycles. The summed E-state index contributed by atoms with van der Waals surface area (Å²) in [7, 11) is -1.34. The van der Waals surface area contributed by atoms with Crippen molar-refractivity contribution in [2.24, 2.45) is 0 Å². The van der Waals surface area contributed by atoms with Crippen LogP contribution in [0.25, 0.3) is 0 Å². The van der Waals surface area contributed by atoms with Gasteiger partial charge in [-0.2, -0.15) is 4.31 Å². The number of nitrogens with zero attached hydrogens (tertiary/aromatic N) is 2. The summed E-state index contributed by atoms with van der Waals surface area (Å²) in [6.07, 6.45) is 0. The Labute approximate surface area is 128 Å². The fourth-order valence-electron chi connectivity index (χ4n) is 2.51. The van der Waals surface area contributed by atoms with Crippen molar-refractivity contribution in [1.82, 2.24) is 9.21 Å². The van der Waals surface area contributed by atoms with Crippen LogP contribution in [0.1, 0.15) is 33.3 Å². The van der Waals surface area contributed by atoms with Gasteiger partial charge in [-0.15, -0.1) is 0 Å². The molecule has 0 aromatic heterocycles. The number of hydrogen-bond donors (Lipinski definition) is 0. The van der Waals surface area contributed by atoms with Gasteiger partial charge in [0.1, 0.15) is 0 Å². The van der Waals surface area contributed by atoms with Gasteiger partial charge in [0.25, 0.3) is 0 Å². The number of likely N-dealkylation sites (N-methyl/N-ethyl adjacent to an activating group) is 1. The number of sulfonamides is 1. The molecule has 0 amide bonds. The molecule has 21 heavy (non-hydrogen) atoms. The third kappa shape index (κ3) is 3.47. The number of rotatable bonds is 2. The zero-order valence-corrected chi connectivity index (χ0v) is 14.4. The van der Waals surface area contributed by atoms with E-state index in [0.29, 0.717) is 18.0 Å². The summed E-state index contributed by atoms with van der Waals surface area (Å²) in [5, 5.41) is 0. The van der Waals surface area contributed by atoms with E-state index in [-0.39, 0.29) is 11.5 Å². The second-order valence-electron chi connectivity index (χ2n) is 6.97. The Kier molecular flexibility index (Phi) is 4.47. The lowest BCUT2D eigenvalue weighted by atomic mass is 9.87. The molecule has 0 bridgehead atoms. The van der Waals surface area contributed by atoms with Gasteiger partial charge in [-0.05, 0) is 37.1 Å². The smallest absolute Gasteiger partial charge is 0.243 e. The second-order valence-corrected chi connectivity index (χ2v) is 8.90. The molecule has 118 valence electrons. The summed E-state index contributed by atoms with van der Waals surface area (Å²) >= 11 is 0. The van der Waals surface area contributed by atoms with Crippen molar-refractivity contribution in [1.29, 1.82) is 0 Å². The highest BCUT2D eigenvalue weighted by Crippen LogP contribution is 2.25. The normalized spacial score (nSPS) is 22.4. The molecule has 1 aliphatic rings. The first-order valence-electron chi connectivity index (χ1n) is 7.43. The maximum Gasteiger partial charge on any atom is 0.243 e. The maximum absolute atomic E-state index is 12.7. The quantitative estimate of drug-likeness (QED) is 0.841. The van der Waals surface area contributed by atoms with Crippen LogP contribution < -0.4 is 0 Å². The fraction of sp³-hybridized carbons (Fsp3) is 0.625. The van der Waals surface area contributed by atoms with Gasteiger partial charge in [0.15, 0.2) is 0 Å². The van der Waals surface area contributed by atoms with Crippen LogP contribution in [-0.4, -0.2) is 50.3 Å². The minimum absolute atomic E-state index is 0.0324. The summed E-state index contributed by atoms with van der Waals surface area (Å²) < 4.78 is 27.0. The lowest BCUT2D eigenvalue weighted by Crippen LogP contribution is -2.51. The van der Waals surface area contributed by atoms with Gasteiger partial charge in [0, 0.05) is 25.7 Å². The molecule has 0 spiro atoms. The van der Waals surface area contributed by atoms with Crippen LogP contribution in [0.2, 0.25) is 0 Å². The van der Waals surface area contributed by atoms with E-state index in [1.54, 1.807) is 16.4 Å². The minimum Gasteiger partial charge on any atom is -0.301 e. The molecule has 1 unspecified atom stereocenters. The van der Waals surface area contributed by atoms with Crippen LogP contribution >= 0.6 is 0 Å². The molecule has 1 heterocycles. The van der Waals surface area contributed by atoms with Crippen LogP contribution in [-0.2, 0) is 15.4 Å². The average Bonchev–Trinajstić information content (AvgIpc) is 2.41. The van der Waals surface area contributed by atoms with E-state index < -0.39 is 10.0 Å². The zero-order chi connectivity index (χ0) is 15.8. The van der Waals surface area contributed by atoms with E-state index >= 15 is 0 Å². The second kappa shape index (κ2) is 5.71. The van der Waals surface area contributed by atoms with Gasteiger partial charge >= 0.3 is 0 Å². The van der Waals surface area contributed by atoms with Crippen LogP contribution in [0.4, 0.5) is 0 Å². The van der Waals surface area contributed by atoms with Crippen LogP contribution in [0.15, 0.2) is 29.2 Å². The van der Waals surface area contributed by atoms with Crippen molar-refractivity contribution < 1.29 is 8.42 Å². The van der Waals surface area contributed by atoms with Gasteiger partial charge in [0.2, 0.25) is 10.0 Å². The standard InChI is InChI=1S/C16H26N2O2S/c1-13-12-18(11-10-17(13)5)21(19,20)15-8-6-14(7-9-15)16(2,3)4/h6-9,13H,10-12H2,1-5H3. The van der Waals surface area contributed by atoms with E-state index in [1.165, 1.54) is 0 Å². The van der Waals surface area contributed by atoms with Crippen molar-refractivity contribution in [2.45, 2.75) is 44.0 Å². The topological polar surface area (TPSA) is 40.6 Å². The van der Waals surface area contributed by atoms with Crippen molar-refractivity contribution in [2.75, 3.05) is 26.7 Å². The maximum atomic E-state index is 12.7. The van der Waals surface area contributed by atoms with Crippen molar-refractivity contribution in [3.63, 3.8) is 0 Å². The fourth-order valence-corrected chi connectivity index (χ4v) is 4.02. The molecule has 1 aromatic rings. The van der Waals surface area contributed by atoms with Gasteiger partial charge < -0.3 is 4.90 Å². The molecule has 1 aromatic carbocycles. The van der Waals surface area contributed by atoms with Crippen LogP contribution in [0, 0.1) is 0 Å². The molecule has 0 aliphatic carbocycles. The summed E-state index contributed by atoms with van der Waals surface area (Å²) in [4.78, 5) is 2.58. The summed E-state index contributed by atoms with van der Waals surface area (Å²) in [5.41, 5.74) is 1.18. The molecule has 1 fully saturated rings. The van der Waals surface area contributed by atoms with E-state index in [4.69, 9.17) is 0 Å². The van der Waals surface area contributed by atoms with E-state index in [1.807, 2.05) is 19.2 Å². The molecule has 4 nitrogen and oxygen atoms in total. The van der Waals surface area contributed by atoms with Gasteiger partial charge in [-0.3, -0.25) is 0 Å². The lowest BCUT2D eigenvalue weighted by Gasteiger charge is -2.36. The Bertz CT molecular complexity index is 588. The molecule has 1 atom stereocenters. The number of hydrogen-bond acceptors (Lipinski definition) is 3. The van der Waals surface area contributed by atoms with E-state index in [2.05, 4.69) is 32.6 Å². The monoisotopic (exact) mass is 310 g/mol. The average molecular weight is 310 g/mol. The van der Waals surface area contributed by atoms with Gasteiger partial charge in [0.05, 0.1) is 4.90 Å². The molecule has 2 rings (SSSR count). The summed E-state index contributed by atoms with van der Waals surface area (Å²) in [5.74, 6) is 0. The third-order valence-corrected chi connectivity index (χ3v) is 6.16. The molecule has 0 saturated carbocycles. The number of benzene rings is 1. The van der Waals surface area contributed by atoms with E-state index in [0.717, 1.165) is 12.1 Å². The van der Waals surface area contributed by atoms with E-state index in [9.17, 15) is 8.42 Å². The molecule has 0 radical (unpaired) electrons. The molecule has 0 N–H and O–H groups in total. The summed E-state index contributed by atoms with van der Waals surface area (Å²) in [6, 6.07) is 7.57. The highest BCUT2D eigenvalue weighted by Gasteiger charge is 2.30. The Hall–Kier alpha value is -0.910. The predicted octanol–water partition coefficient (Wildman–Crippen LogP) is 2.31. The highest BCUT2D eigenvalue weighted by atomic mass is 32.2. The molecule has 1 aliphatic heterocycles. The van der Waals surface area contributed by atoms with Crippen LogP contribution in [0.5, 0.6) is 0 Å².